The minimum absolute atomic E-state index is 0.215. The first kappa shape index (κ1) is 19.9. The molecule has 1 N–H and O–H groups in total. The van der Waals surface area contributed by atoms with Crippen LogP contribution in [0.3, 0.4) is 0 Å². The number of carboxylic acid groups (broad SMARTS) is 1. The fourth-order valence-corrected chi connectivity index (χ4v) is 6.72. The van der Waals surface area contributed by atoms with E-state index in [2.05, 4.69) is 46.7 Å². The molecule has 0 saturated heterocycles. The molecule has 2 aliphatic rings. The van der Waals surface area contributed by atoms with Crippen LogP contribution in [0, 0.1) is 16.7 Å². The van der Waals surface area contributed by atoms with Gasteiger partial charge in [-0.05, 0) is 80.8 Å². The lowest BCUT2D eigenvalue weighted by atomic mass is 9.66. The van der Waals surface area contributed by atoms with Crippen LogP contribution < -0.4 is 0 Å². The summed E-state index contributed by atoms with van der Waals surface area (Å²) >= 11 is 1.83. The van der Waals surface area contributed by atoms with Crippen molar-refractivity contribution in [2.75, 3.05) is 20.6 Å². The van der Waals surface area contributed by atoms with Crippen LogP contribution in [0.5, 0.6) is 0 Å². The molecule has 1 aromatic heterocycles. The maximum Gasteiger partial charge on any atom is 0.337 e. The molecular formula is C22H35NO2S. The van der Waals surface area contributed by atoms with E-state index in [0.29, 0.717) is 22.8 Å². The minimum Gasteiger partial charge on any atom is -0.478 e. The Morgan fingerprint density at radius 1 is 1.19 bits per heavy atom. The quantitative estimate of drug-likeness (QED) is 0.760. The van der Waals surface area contributed by atoms with Crippen LogP contribution in [0.4, 0.5) is 0 Å². The summed E-state index contributed by atoms with van der Waals surface area (Å²) in [4.78, 5) is 17.1. The predicted octanol–water partition coefficient (Wildman–Crippen LogP) is 5.43. The van der Waals surface area contributed by atoms with Crippen molar-refractivity contribution in [1.29, 1.82) is 0 Å². The number of fused-ring (bicyclic) bond motifs is 1. The average Bonchev–Trinajstić information content (AvgIpc) is 2.82. The molecule has 3 nitrogen and oxygen atoms in total. The van der Waals surface area contributed by atoms with Crippen LogP contribution in [0.25, 0.3) is 0 Å². The first-order valence-corrected chi connectivity index (χ1v) is 10.8. The van der Waals surface area contributed by atoms with Gasteiger partial charge >= 0.3 is 5.97 Å². The number of nitrogens with zero attached hydrogens (tertiary/aromatic N) is 1. The lowest BCUT2D eigenvalue weighted by Crippen LogP contribution is -2.35. The normalized spacial score (nSPS) is 27.3. The van der Waals surface area contributed by atoms with Gasteiger partial charge in [0.25, 0.3) is 0 Å². The van der Waals surface area contributed by atoms with Crippen LogP contribution >= 0.6 is 11.3 Å². The van der Waals surface area contributed by atoms with Gasteiger partial charge in [0.05, 0.1) is 5.56 Å². The number of thiophene rings is 1. The molecule has 0 aliphatic heterocycles. The van der Waals surface area contributed by atoms with E-state index in [9.17, 15) is 9.90 Å². The monoisotopic (exact) mass is 377 g/mol. The number of hydrogen-bond acceptors (Lipinski definition) is 3. The molecule has 0 bridgehead atoms. The molecular weight excluding hydrogens is 342 g/mol. The van der Waals surface area contributed by atoms with Gasteiger partial charge in [0.1, 0.15) is 0 Å². The summed E-state index contributed by atoms with van der Waals surface area (Å²) in [5.74, 6) is 0.235. The maximum absolute atomic E-state index is 12.3. The van der Waals surface area contributed by atoms with Gasteiger partial charge in [0, 0.05) is 16.3 Å². The molecule has 1 aromatic rings. The van der Waals surface area contributed by atoms with Crippen molar-refractivity contribution in [2.45, 2.75) is 72.1 Å². The molecule has 1 fully saturated rings. The first-order chi connectivity index (χ1) is 12.0. The first-order valence-electron chi connectivity index (χ1n) is 10.0. The van der Waals surface area contributed by atoms with E-state index in [-0.39, 0.29) is 5.41 Å². The number of hydrogen-bond donors (Lipinski definition) is 1. The zero-order valence-corrected chi connectivity index (χ0v) is 18.1. The van der Waals surface area contributed by atoms with Gasteiger partial charge in [0.15, 0.2) is 0 Å². The minimum atomic E-state index is -0.705. The maximum atomic E-state index is 12.3. The Kier molecular flexibility index (Phi) is 5.31. The van der Waals surface area contributed by atoms with E-state index in [1.54, 1.807) is 0 Å². The fraction of sp³-hybridized carbons (Fsp3) is 0.773. The standard InChI is InChI=1S/C22H35NO2S/c1-21(2)9-7-15(14(11-21)13-23(5)6)19-18(20(24)25)16-12-22(3,4)10-8-17(16)26-19/h14-15H,7-13H2,1-6H3,(H,24,25)/t14-,15-/m0/s1. The largest absolute Gasteiger partial charge is 0.478 e. The smallest absolute Gasteiger partial charge is 0.337 e. The van der Waals surface area contributed by atoms with Gasteiger partial charge in [-0.15, -0.1) is 11.3 Å². The molecule has 0 unspecified atom stereocenters. The summed E-state index contributed by atoms with van der Waals surface area (Å²) in [5.41, 5.74) is 2.40. The molecule has 26 heavy (non-hydrogen) atoms. The van der Waals surface area contributed by atoms with E-state index in [1.807, 2.05) is 11.3 Å². The van der Waals surface area contributed by atoms with E-state index in [4.69, 9.17) is 0 Å². The Balaban J connectivity index is 2.02. The van der Waals surface area contributed by atoms with E-state index in [0.717, 1.165) is 37.8 Å². The number of aryl methyl sites for hydroxylation is 1. The second-order valence-corrected chi connectivity index (χ2v) is 11.6. The average molecular weight is 378 g/mol. The topological polar surface area (TPSA) is 40.5 Å². The third-order valence-electron chi connectivity index (χ3n) is 6.47. The second kappa shape index (κ2) is 6.94. The van der Waals surface area contributed by atoms with Gasteiger partial charge in [0.2, 0.25) is 0 Å². The molecule has 0 amide bonds. The molecule has 3 rings (SSSR count). The molecule has 4 heteroatoms. The Morgan fingerprint density at radius 3 is 2.50 bits per heavy atom. The molecule has 2 atom stereocenters. The number of rotatable bonds is 4. The Bertz CT molecular complexity index is 687. The van der Waals surface area contributed by atoms with Crippen LogP contribution in [-0.4, -0.2) is 36.6 Å². The van der Waals surface area contributed by atoms with Crippen molar-refractivity contribution in [3.63, 3.8) is 0 Å². The molecule has 1 saturated carbocycles. The highest BCUT2D eigenvalue weighted by atomic mass is 32.1. The van der Waals surface area contributed by atoms with Crippen molar-refractivity contribution in [1.82, 2.24) is 4.90 Å². The molecule has 146 valence electrons. The van der Waals surface area contributed by atoms with Gasteiger partial charge in [-0.1, -0.05) is 27.7 Å². The molecule has 1 heterocycles. The SMILES string of the molecule is CN(C)C[C@@H]1CC(C)(C)CC[C@@H]1c1sc2c(c1C(=O)O)CC(C)(C)CC2. The second-order valence-electron chi connectivity index (χ2n) is 10.4. The third-order valence-corrected chi connectivity index (χ3v) is 7.89. The molecule has 0 aromatic carbocycles. The fourth-order valence-electron chi connectivity index (χ4n) is 5.18. The third kappa shape index (κ3) is 4.01. The summed E-state index contributed by atoms with van der Waals surface area (Å²) < 4.78 is 0. The Labute approximate surface area is 162 Å². The van der Waals surface area contributed by atoms with Crippen molar-refractivity contribution in [2.24, 2.45) is 16.7 Å². The lowest BCUT2D eigenvalue weighted by Gasteiger charge is -2.42. The highest BCUT2D eigenvalue weighted by Crippen LogP contribution is 2.51. The van der Waals surface area contributed by atoms with E-state index < -0.39 is 5.97 Å². The lowest BCUT2D eigenvalue weighted by molar-refractivity contribution is 0.0691. The molecule has 2 aliphatic carbocycles. The van der Waals surface area contributed by atoms with Crippen LogP contribution in [-0.2, 0) is 12.8 Å². The Morgan fingerprint density at radius 2 is 1.88 bits per heavy atom. The zero-order valence-electron chi connectivity index (χ0n) is 17.3. The Hall–Kier alpha value is -0.870. The van der Waals surface area contributed by atoms with Crippen molar-refractivity contribution < 1.29 is 9.90 Å². The summed E-state index contributed by atoms with van der Waals surface area (Å²) in [7, 11) is 4.28. The van der Waals surface area contributed by atoms with Crippen LogP contribution in [0.2, 0.25) is 0 Å². The van der Waals surface area contributed by atoms with Crippen LogP contribution in [0.15, 0.2) is 0 Å². The van der Waals surface area contributed by atoms with Gasteiger partial charge in [-0.25, -0.2) is 4.79 Å². The summed E-state index contributed by atoms with van der Waals surface area (Å²) in [6.07, 6.45) is 6.62. The van der Waals surface area contributed by atoms with Crippen molar-refractivity contribution >= 4 is 17.3 Å². The van der Waals surface area contributed by atoms with Gasteiger partial charge in [-0.2, -0.15) is 0 Å². The van der Waals surface area contributed by atoms with Gasteiger partial charge in [-0.3, -0.25) is 0 Å². The molecule has 0 radical (unpaired) electrons. The van der Waals surface area contributed by atoms with E-state index in [1.165, 1.54) is 22.6 Å². The van der Waals surface area contributed by atoms with E-state index >= 15 is 0 Å². The summed E-state index contributed by atoms with van der Waals surface area (Å²) in [5, 5.41) is 10.1. The highest BCUT2D eigenvalue weighted by molar-refractivity contribution is 7.12. The number of aromatic carboxylic acids is 1. The zero-order chi connectivity index (χ0) is 19.3. The van der Waals surface area contributed by atoms with Crippen molar-refractivity contribution in [3.05, 3.63) is 20.9 Å². The number of carbonyl (C=O) groups is 1. The summed E-state index contributed by atoms with van der Waals surface area (Å²) in [6, 6.07) is 0. The highest BCUT2D eigenvalue weighted by Gasteiger charge is 2.41. The molecule has 0 spiro atoms. The van der Waals surface area contributed by atoms with Crippen molar-refractivity contribution in [3.8, 4) is 0 Å². The predicted molar refractivity (Wildman–Crippen MR) is 110 cm³/mol. The number of carboxylic acids is 1. The van der Waals surface area contributed by atoms with Crippen LogP contribution in [0.1, 0.15) is 85.0 Å². The summed E-state index contributed by atoms with van der Waals surface area (Å²) in [6.45, 7) is 10.3. The van der Waals surface area contributed by atoms with Gasteiger partial charge < -0.3 is 10.0 Å².